The third kappa shape index (κ3) is 3.75. The van der Waals surface area contributed by atoms with Crippen molar-refractivity contribution in [3.63, 3.8) is 0 Å². The molecule has 1 aliphatic rings. The van der Waals surface area contributed by atoms with Crippen LogP contribution in [0.4, 0.5) is 5.69 Å². The monoisotopic (exact) mass is 428 g/mol. The number of carbonyl (C=O) groups is 2. The van der Waals surface area contributed by atoms with Gasteiger partial charge in [0.25, 0.3) is 5.56 Å². The van der Waals surface area contributed by atoms with Crippen molar-refractivity contribution in [2.75, 3.05) is 24.1 Å². The van der Waals surface area contributed by atoms with Crippen molar-refractivity contribution in [1.82, 2.24) is 24.2 Å². The van der Waals surface area contributed by atoms with E-state index in [2.05, 4.69) is 15.4 Å². The predicted octanol–water partition coefficient (Wildman–Crippen LogP) is 0.679. The molecule has 3 aromatic rings. The number of thioether (sulfide) groups is 1. The Bertz CT molecular complexity index is 1160. The molecule has 0 spiro atoms. The normalized spacial score (nSPS) is 16.1. The summed E-state index contributed by atoms with van der Waals surface area (Å²) in [6.45, 7) is -0.191. The van der Waals surface area contributed by atoms with Crippen LogP contribution in [0.25, 0.3) is 11.0 Å². The lowest BCUT2D eigenvalue weighted by molar-refractivity contribution is -0.136. The first-order chi connectivity index (χ1) is 14.5. The van der Waals surface area contributed by atoms with E-state index in [-0.39, 0.29) is 23.9 Å². The second kappa shape index (κ2) is 8.19. The van der Waals surface area contributed by atoms with Crippen LogP contribution in [0.5, 0.6) is 5.75 Å². The SMILES string of the molecule is COc1ccc(NC(=O)C2CSCN2C(=O)Cn2cnc3c(cnn3C)c2=O)cc1. The van der Waals surface area contributed by atoms with Crippen LogP contribution in [0.1, 0.15) is 0 Å². The van der Waals surface area contributed by atoms with Gasteiger partial charge in [-0.05, 0) is 24.3 Å². The number of aryl methyl sites for hydroxylation is 1. The number of nitrogens with one attached hydrogen (secondary N) is 1. The number of ether oxygens (including phenoxy) is 1. The predicted molar refractivity (Wildman–Crippen MR) is 112 cm³/mol. The van der Waals surface area contributed by atoms with E-state index in [1.54, 1.807) is 38.4 Å². The Hall–Kier alpha value is -3.34. The van der Waals surface area contributed by atoms with E-state index in [9.17, 15) is 14.4 Å². The number of hydrogen-bond acceptors (Lipinski definition) is 7. The molecule has 30 heavy (non-hydrogen) atoms. The lowest BCUT2D eigenvalue weighted by Gasteiger charge is -2.23. The molecule has 3 heterocycles. The fourth-order valence-electron chi connectivity index (χ4n) is 3.22. The Balaban J connectivity index is 1.47. The second-order valence-corrected chi connectivity index (χ2v) is 7.78. The molecule has 0 bridgehead atoms. The highest BCUT2D eigenvalue weighted by molar-refractivity contribution is 7.99. The van der Waals surface area contributed by atoms with Gasteiger partial charge in [0, 0.05) is 18.5 Å². The van der Waals surface area contributed by atoms with E-state index < -0.39 is 6.04 Å². The van der Waals surface area contributed by atoms with E-state index >= 15 is 0 Å². The lowest BCUT2D eigenvalue weighted by atomic mass is 10.2. The molecule has 156 valence electrons. The second-order valence-electron chi connectivity index (χ2n) is 6.78. The first-order valence-electron chi connectivity index (χ1n) is 9.17. The average Bonchev–Trinajstić information content (AvgIpc) is 3.38. The summed E-state index contributed by atoms with van der Waals surface area (Å²) in [5.41, 5.74) is 0.734. The fourth-order valence-corrected chi connectivity index (χ4v) is 4.40. The van der Waals surface area contributed by atoms with Crippen molar-refractivity contribution in [2.45, 2.75) is 12.6 Å². The topological polar surface area (TPSA) is 111 Å². The molecule has 1 aliphatic heterocycles. The summed E-state index contributed by atoms with van der Waals surface area (Å²) < 4.78 is 7.85. The summed E-state index contributed by atoms with van der Waals surface area (Å²) in [5, 5.41) is 7.20. The third-order valence-corrected chi connectivity index (χ3v) is 5.90. The molecule has 1 fully saturated rings. The summed E-state index contributed by atoms with van der Waals surface area (Å²) in [7, 11) is 3.26. The number of anilines is 1. The van der Waals surface area contributed by atoms with Crippen molar-refractivity contribution in [1.29, 1.82) is 0 Å². The smallest absolute Gasteiger partial charge is 0.264 e. The van der Waals surface area contributed by atoms with Crippen molar-refractivity contribution in [3.05, 3.63) is 47.1 Å². The summed E-state index contributed by atoms with van der Waals surface area (Å²) in [5.74, 6) is 0.971. The number of benzene rings is 1. The average molecular weight is 428 g/mol. The molecule has 1 N–H and O–H groups in total. The van der Waals surface area contributed by atoms with Gasteiger partial charge in [0.05, 0.1) is 19.2 Å². The maximum atomic E-state index is 12.9. The van der Waals surface area contributed by atoms with Crippen molar-refractivity contribution >= 4 is 40.3 Å². The van der Waals surface area contributed by atoms with Crippen LogP contribution in [0.15, 0.2) is 41.6 Å². The summed E-state index contributed by atoms with van der Waals surface area (Å²) in [6, 6.07) is 6.35. The molecule has 4 rings (SSSR count). The van der Waals surface area contributed by atoms with Crippen molar-refractivity contribution in [3.8, 4) is 5.75 Å². The molecule has 1 unspecified atom stereocenters. The van der Waals surface area contributed by atoms with Gasteiger partial charge in [0.15, 0.2) is 5.65 Å². The Morgan fingerprint density at radius 2 is 2.07 bits per heavy atom. The number of carbonyl (C=O) groups excluding carboxylic acids is 2. The van der Waals surface area contributed by atoms with Gasteiger partial charge in [-0.2, -0.15) is 5.10 Å². The first kappa shape index (κ1) is 20.0. The van der Waals surface area contributed by atoms with Crippen LogP contribution in [0.2, 0.25) is 0 Å². The minimum atomic E-state index is -0.615. The van der Waals surface area contributed by atoms with E-state index in [0.29, 0.717) is 34.1 Å². The van der Waals surface area contributed by atoms with Gasteiger partial charge >= 0.3 is 0 Å². The maximum Gasteiger partial charge on any atom is 0.264 e. The molecule has 2 aromatic heterocycles. The summed E-state index contributed by atoms with van der Waals surface area (Å²) in [6.07, 6.45) is 2.77. The van der Waals surface area contributed by atoms with E-state index in [4.69, 9.17) is 4.74 Å². The molecule has 2 amide bonds. The zero-order valence-electron chi connectivity index (χ0n) is 16.4. The van der Waals surface area contributed by atoms with Gasteiger partial charge in [-0.25, -0.2) is 4.98 Å². The molecule has 0 aliphatic carbocycles. The van der Waals surface area contributed by atoms with E-state index in [1.165, 1.54) is 38.4 Å². The van der Waals surface area contributed by atoms with Crippen LogP contribution < -0.4 is 15.6 Å². The molecule has 0 radical (unpaired) electrons. The minimum absolute atomic E-state index is 0.191. The third-order valence-electron chi connectivity index (χ3n) is 4.89. The molecule has 1 atom stereocenters. The number of amides is 2. The highest BCUT2D eigenvalue weighted by atomic mass is 32.2. The molecular weight excluding hydrogens is 408 g/mol. The first-order valence-corrected chi connectivity index (χ1v) is 10.3. The Kier molecular flexibility index (Phi) is 5.44. The maximum absolute atomic E-state index is 12.9. The van der Waals surface area contributed by atoms with Gasteiger partial charge in [-0.1, -0.05) is 0 Å². The largest absolute Gasteiger partial charge is 0.497 e. The lowest BCUT2D eigenvalue weighted by Crippen LogP contribution is -2.46. The van der Waals surface area contributed by atoms with Gasteiger partial charge in [-0.15, -0.1) is 11.8 Å². The highest BCUT2D eigenvalue weighted by Gasteiger charge is 2.34. The Morgan fingerprint density at radius 3 is 2.80 bits per heavy atom. The molecule has 1 aromatic carbocycles. The van der Waals surface area contributed by atoms with Crippen LogP contribution in [-0.2, 0) is 23.2 Å². The van der Waals surface area contributed by atoms with Gasteiger partial charge in [0.2, 0.25) is 11.8 Å². The summed E-state index contributed by atoms with van der Waals surface area (Å²) in [4.78, 5) is 43.9. The van der Waals surface area contributed by atoms with Crippen molar-refractivity contribution in [2.24, 2.45) is 7.05 Å². The number of methoxy groups -OCH3 is 1. The molecule has 1 saturated heterocycles. The Morgan fingerprint density at radius 1 is 1.30 bits per heavy atom. The van der Waals surface area contributed by atoms with Gasteiger partial charge in [-0.3, -0.25) is 23.6 Å². The zero-order valence-corrected chi connectivity index (χ0v) is 17.3. The fraction of sp³-hybridized carbons (Fsp3) is 0.316. The van der Waals surface area contributed by atoms with Crippen LogP contribution >= 0.6 is 11.8 Å². The number of rotatable bonds is 5. The standard InChI is InChI=1S/C19H20N6O4S/c1-23-17-14(7-21-23)19(28)24(10-20-17)8-16(26)25-11-30-9-15(25)18(27)22-12-3-5-13(29-2)6-4-12/h3-7,10,15H,8-9,11H2,1-2H3,(H,22,27). The highest BCUT2D eigenvalue weighted by Crippen LogP contribution is 2.23. The number of hydrogen-bond donors (Lipinski definition) is 1. The Labute approximate surface area is 175 Å². The zero-order chi connectivity index (χ0) is 21.3. The summed E-state index contributed by atoms with van der Waals surface area (Å²) >= 11 is 1.49. The molecular formula is C19H20N6O4S. The molecule has 10 nitrogen and oxygen atoms in total. The van der Waals surface area contributed by atoms with Crippen LogP contribution in [0, 0.1) is 0 Å². The molecule has 11 heteroatoms. The molecule has 0 saturated carbocycles. The van der Waals surface area contributed by atoms with Crippen molar-refractivity contribution < 1.29 is 14.3 Å². The number of nitrogens with zero attached hydrogens (tertiary/aromatic N) is 5. The van der Waals surface area contributed by atoms with Gasteiger partial charge in [0.1, 0.15) is 30.0 Å². The van der Waals surface area contributed by atoms with Crippen LogP contribution in [-0.4, -0.2) is 60.8 Å². The number of aromatic nitrogens is 4. The van der Waals surface area contributed by atoms with E-state index in [1.807, 2.05) is 0 Å². The van der Waals surface area contributed by atoms with Crippen LogP contribution in [0.3, 0.4) is 0 Å². The van der Waals surface area contributed by atoms with E-state index in [0.717, 1.165) is 0 Å². The number of fused-ring (bicyclic) bond motifs is 1. The minimum Gasteiger partial charge on any atom is -0.497 e. The quantitative estimate of drug-likeness (QED) is 0.636. The van der Waals surface area contributed by atoms with Gasteiger partial charge < -0.3 is 15.0 Å².